The van der Waals surface area contributed by atoms with Crippen molar-refractivity contribution in [3.05, 3.63) is 47.5 Å². The van der Waals surface area contributed by atoms with E-state index in [4.69, 9.17) is 14.2 Å². The molecule has 2 N–H and O–H groups in total. The lowest BCUT2D eigenvalue weighted by molar-refractivity contribution is -0.138. The van der Waals surface area contributed by atoms with Crippen molar-refractivity contribution >= 4 is 23.5 Å². The fourth-order valence-electron chi connectivity index (χ4n) is 4.08. The van der Waals surface area contributed by atoms with Gasteiger partial charge in [-0.1, -0.05) is 19.1 Å². The number of carboxylic acids is 1. The molecule has 1 aliphatic heterocycles. The van der Waals surface area contributed by atoms with Gasteiger partial charge in [0.15, 0.2) is 11.5 Å². The first-order valence-corrected chi connectivity index (χ1v) is 11.5. The highest BCUT2D eigenvalue weighted by Gasteiger charge is 2.37. The Morgan fingerprint density at radius 2 is 1.83 bits per heavy atom. The average molecular weight is 485 g/mol. The van der Waals surface area contributed by atoms with Crippen LogP contribution in [0.4, 0.5) is 5.69 Å². The van der Waals surface area contributed by atoms with Gasteiger partial charge < -0.3 is 29.5 Å². The van der Waals surface area contributed by atoms with E-state index in [0.717, 1.165) is 12.0 Å². The number of anilines is 1. The van der Waals surface area contributed by atoms with Gasteiger partial charge in [-0.3, -0.25) is 14.4 Å². The summed E-state index contributed by atoms with van der Waals surface area (Å²) in [6, 6.07) is 9.81. The minimum Gasteiger partial charge on any atom is -0.495 e. The Bertz CT molecular complexity index is 1090. The number of benzene rings is 2. The van der Waals surface area contributed by atoms with Gasteiger partial charge in [-0.15, -0.1) is 0 Å². The largest absolute Gasteiger partial charge is 0.495 e. The van der Waals surface area contributed by atoms with Crippen LogP contribution in [-0.2, 0) is 14.4 Å². The van der Waals surface area contributed by atoms with E-state index >= 15 is 0 Å². The summed E-state index contributed by atoms with van der Waals surface area (Å²) in [5.41, 5.74) is 2.15. The zero-order chi connectivity index (χ0) is 25.5. The van der Waals surface area contributed by atoms with Crippen molar-refractivity contribution in [1.29, 1.82) is 0 Å². The number of ether oxygens (including phenoxy) is 3. The molecule has 0 saturated carbocycles. The Hall–Kier alpha value is -3.75. The van der Waals surface area contributed by atoms with Crippen LogP contribution in [0.1, 0.15) is 43.4 Å². The lowest BCUT2D eigenvalue weighted by Gasteiger charge is -2.22. The Morgan fingerprint density at radius 1 is 1.11 bits per heavy atom. The topological polar surface area (TPSA) is 114 Å². The maximum Gasteiger partial charge on any atom is 0.305 e. The molecular formula is C26H32N2O7. The number of aryl methyl sites for hydroxylation is 1. The zero-order valence-electron chi connectivity index (χ0n) is 20.5. The summed E-state index contributed by atoms with van der Waals surface area (Å²) in [5.74, 6) is -0.720. The number of carbonyl (C=O) groups excluding carboxylic acids is 2. The van der Waals surface area contributed by atoms with E-state index in [2.05, 4.69) is 5.32 Å². The minimum atomic E-state index is -1.06. The molecule has 0 radical (unpaired) electrons. The first kappa shape index (κ1) is 25.9. The summed E-state index contributed by atoms with van der Waals surface area (Å²) >= 11 is 0. The molecule has 0 bridgehead atoms. The molecule has 0 aliphatic carbocycles. The van der Waals surface area contributed by atoms with Crippen LogP contribution < -0.4 is 24.4 Å². The number of nitrogens with one attached hydrogen (secondary N) is 1. The second-order valence-corrected chi connectivity index (χ2v) is 8.50. The molecule has 3 rings (SSSR count). The molecule has 1 heterocycles. The molecule has 1 fully saturated rings. The quantitative estimate of drug-likeness (QED) is 0.502. The van der Waals surface area contributed by atoms with E-state index in [1.165, 1.54) is 14.2 Å². The van der Waals surface area contributed by atoms with E-state index in [1.807, 2.05) is 26.0 Å². The van der Waals surface area contributed by atoms with Gasteiger partial charge in [-0.05, 0) is 48.7 Å². The SMILES string of the molecule is CCCOc1ccc(C(CC(=O)O)NC(=O)C2CC(=O)N(c3cc(C)ccc3OC)C2)cc1OC. The monoisotopic (exact) mass is 484 g/mol. The smallest absolute Gasteiger partial charge is 0.305 e. The Kier molecular flexibility index (Phi) is 8.57. The molecule has 1 aliphatic rings. The molecule has 188 valence electrons. The van der Waals surface area contributed by atoms with E-state index < -0.39 is 17.9 Å². The maximum absolute atomic E-state index is 13.1. The molecule has 2 amide bonds. The predicted octanol–water partition coefficient (Wildman–Crippen LogP) is 3.49. The van der Waals surface area contributed by atoms with Crippen molar-refractivity contribution in [3.8, 4) is 17.2 Å². The number of hydrogen-bond donors (Lipinski definition) is 2. The van der Waals surface area contributed by atoms with Crippen LogP contribution in [0.25, 0.3) is 0 Å². The lowest BCUT2D eigenvalue weighted by Crippen LogP contribution is -2.36. The third kappa shape index (κ3) is 6.23. The van der Waals surface area contributed by atoms with E-state index in [-0.39, 0.29) is 31.2 Å². The van der Waals surface area contributed by atoms with Gasteiger partial charge in [-0.25, -0.2) is 0 Å². The molecule has 2 aromatic rings. The number of rotatable bonds is 11. The molecule has 9 heteroatoms. The molecule has 0 aromatic heterocycles. The number of carboxylic acid groups (broad SMARTS) is 1. The van der Waals surface area contributed by atoms with Crippen LogP contribution in [0.15, 0.2) is 36.4 Å². The van der Waals surface area contributed by atoms with Crippen LogP contribution in [-0.4, -0.2) is 50.3 Å². The predicted molar refractivity (Wildman–Crippen MR) is 130 cm³/mol. The van der Waals surface area contributed by atoms with E-state index in [1.54, 1.807) is 29.2 Å². The van der Waals surface area contributed by atoms with Crippen molar-refractivity contribution < 1.29 is 33.7 Å². The van der Waals surface area contributed by atoms with Gasteiger partial charge in [-0.2, -0.15) is 0 Å². The van der Waals surface area contributed by atoms with Crippen LogP contribution in [0.2, 0.25) is 0 Å². The third-order valence-corrected chi connectivity index (χ3v) is 5.87. The average Bonchev–Trinajstić information content (AvgIpc) is 3.23. The first-order valence-electron chi connectivity index (χ1n) is 11.5. The highest BCUT2D eigenvalue weighted by molar-refractivity contribution is 6.01. The van der Waals surface area contributed by atoms with Crippen LogP contribution in [0.5, 0.6) is 17.2 Å². The number of nitrogens with zero attached hydrogens (tertiary/aromatic N) is 1. The molecule has 2 atom stereocenters. The van der Waals surface area contributed by atoms with Gasteiger partial charge in [0.25, 0.3) is 0 Å². The number of methoxy groups -OCH3 is 2. The fourth-order valence-corrected chi connectivity index (χ4v) is 4.08. The third-order valence-electron chi connectivity index (χ3n) is 5.87. The summed E-state index contributed by atoms with van der Waals surface area (Å²) in [7, 11) is 3.03. The lowest BCUT2D eigenvalue weighted by atomic mass is 10.0. The minimum absolute atomic E-state index is 0.0236. The zero-order valence-corrected chi connectivity index (χ0v) is 20.5. The summed E-state index contributed by atoms with van der Waals surface area (Å²) < 4.78 is 16.5. The maximum atomic E-state index is 13.1. The molecular weight excluding hydrogens is 452 g/mol. The molecule has 1 saturated heterocycles. The second-order valence-electron chi connectivity index (χ2n) is 8.50. The molecule has 2 aromatic carbocycles. The number of hydrogen-bond acceptors (Lipinski definition) is 6. The normalized spacial score (nSPS) is 16.1. The van der Waals surface area contributed by atoms with Crippen molar-refractivity contribution in [2.75, 3.05) is 32.3 Å². The van der Waals surface area contributed by atoms with Crippen molar-refractivity contribution in [2.24, 2.45) is 5.92 Å². The van der Waals surface area contributed by atoms with Crippen molar-refractivity contribution in [3.63, 3.8) is 0 Å². The van der Waals surface area contributed by atoms with Crippen molar-refractivity contribution in [1.82, 2.24) is 5.32 Å². The number of carbonyl (C=O) groups is 3. The van der Waals surface area contributed by atoms with Crippen LogP contribution >= 0.6 is 0 Å². The van der Waals surface area contributed by atoms with Gasteiger partial charge in [0, 0.05) is 13.0 Å². The van der Waals surface area contributed by atoms with Gasteiger partial charge in [0.05, 0.1) is 44.9 Å². The first-order chi connectivity index (χ1) is 16.8. The van der Waals surface area contributed by atoms with Crippen LogP contribution in [0.3, 0.4) is 0 Å². The molecule has 35 heavy (non-hydrogen) atoms. The summed E-state index contributed by atoms with van der Waals surface area (Å²) in [5, 5.41) is 12.3. The van der Waals surface area contributed by atoms with Crippen LogP contribution in [0, 0.1) is 12.8 Å². The highest BCUT2D eigenvalue weighted by atomic mass is 16.5. The Balaban J connectivity index is 1.79. The van der Waals surface area contributed by atoms with Crippen molar-refractivity contribution in [2.45, 2.75) is 39.2 Å². The summed E-state index contributed by atoms with van der Waals surface area (Å²) in [6.45, 7) is 4.60. The van der Waals surface area contributed by atoms with E-state index in [9.17, 15) is 19.5 Å². The second kappa shape index (κ2) is 11.6. The van der Waals surface area contributed by atoms with Gasteiger partial charge in [0.2, 0.25) is 11.8 Å². The number of aliphatic carboxylic acids is 1. The summed E-state index contributed by atoms with van der Waals surface area (Å²) in [6.07, 6.45) is 0.532. The molecule has 2 unspecified atom stereocenters. The molecule has 9 nitrogen and oxygen atoms in total. The van der Waals surface area contributed by atoms with Gasteiger partial charge >= 0.3 is 5.97 Å². The standard InChI is InChI=1S/C26H32N2O7/c1-5-10-35-22-9-7-17(12-23(22)34-4)19(14-25(30)31)27-26(32)18-13-24(29)28(15-18)20-11-16(2)6-8-21(20)33-3/h6-9,11-12,18-19H,5,10,13-15H2,1-4H3,(H,27,32)(H,30,31). The Morgan fingerprint density at radius 3 is 2.49 bits per heavy atom. The van der Waals surface area contributed by atoms with E-state index in [0.29, 0.717) is 35.1 Å². The number of amides is 2. The fraction of sp³-hybridized carbons (Fsp3) is 0.423. The Labute approximate surface area is 205 Å². The summed E-state index contributed by atoms with van der Waals surface area (Å²) in [4.78, 5) is 39.0. The highest BCUT2D eigenvalue weighted by Crippen LogP contribution is 2.35. The molecule has 0 spiro atoms. The van der Waals surface area contributed by atoms with Gasteiger partial charge in [0.1, 0.15) is 5.75 Å².